The van der Waals surface area contributed by atoms with Gasteiger partial charge in [0.2, 0.25) is 0 Å². The number of carbonyl (C=O) groups is 1. The molecule has 0 atom stereocenters. The predicted octanol–water partition coefficient (Wildman–Crippen LogP) is 2.74. The maximum atomic E-state index is 12.3. The highest BCUT2D eigenvalue weighted by Crippen LogP contribution is 2.18. The number of hydrogen-bond donors (Lipinski definition) is 1. The number of halogens is 1. The van der Waals surface area contributed by atoms with Crippen LogP contribution in [0.3, 0.4) is 0 Å². The van der Waals surface area contributed by atoms with Gasteiger partial charge in [0.15, 0.2) is 0 Å². The van der Waals surface area contributed by atoms with Crippen LogP contribution in [0, 0.1) is 0 Å². The quantitative estimate of drug-likeness (QED) is 0.861. The van der Waals surface area contributed by atoms with Gasteiger partial charge in [-0.3, -0.25) is 4.79 Å². The Balaban J connectivity index is 2.12. The smallest absolute Gasteiger partial charge is 0.251 e. The van der Waals surface area contributed by atoms with E-state index in [1.165, 1.54) is 0 Å². The molecule has 0 aliphatic carbocycles. The molecule has 1 N–H and O–H groups in total. The van der Waals surface area contributed by atoms with Gasteiger partial charge in [0.25, 0.3) is 5.91 Å². The summed E-state index contributed by atoms with van der Waals surface area (Å²) in [5.41, 5.74) is 1.38. The van der Waals surface area contributed by atoms with Crippen molar-refractivity contribution in [2.24, 2.45) is 0 Å². The molecule has 5 nitrogen and oxygen atoms in total. The summed E-state index contributed by atoms with van der Waals surface area (Å²) < 4.78 is 5.26. The molecule has 0 aliphatic heterocycles. The van der Waals surface area contributed by atoms with E-state index in [9.17, 15) is 4.79 Å². The van der Waals surface area contributed by atoms with Crippen LogP contribution in [0.4, 0.5) is 5.82 Å². The lowest BCUT2D eigenvalue weighted by molar-refractivity contribution is 0.0950. The zero-order chi connectivity index (χ0) is 16.1. The van der Waals surface area contributed by atoms with Crippen molar-refractivity contribution >= 4 is 23.3 Å². The van der Waals surface area contributed by atoms with Crippen LogP contribution in [0.2, 0.25) is 5.15 Å². The predicted molar refractivity (Wildman–Crippen MR) is 87.7 cm³/mol. The van der Waals surface area contributed by atoms with E-state index >= 15 is 0 Å². The Hall–Kier alpha value is -2.27. The van der Waals surface area contributed by atoms with E-state index in [0.29, 0.717) is 17.9 Å². The molecule has 0 radical (unpaired) electrons. The van der Waals surface area contributed by atoms with Crippen molar-refractivity contribution in [1.82, 2.24) is 10.3 Å². The maximum absolute atomic E-state index is 12.3. The van der Waals surface area contributed by atoms with Crippen molar-refractivity contribution in [3.05, 3.63) is 52.7 Å². The number of nitrogens with zero attached hydrogens (tertiary/aromatic N) is 2. The molecule has 0 bridgehead atoms. The third-order valence-corrected chi connectivity index (χ3v) is 3.33. The van der Waals surface area contributed by atoms with Crippen LogP contribution in [-0.4, -0.2) is 32.1 Å². The van der Waals surface area contributed by atoms with Gasteiger partial charge < -0.3 is 15.0 Å². The molecule has 1 amide bonds. The van der Waals surface area contributed by atoms with E-state index < -0.39 is 0 Å². The SMILES string of the molecule is COc1ccccc1CNC(=O)c1cc(Cl)nc(N(C)C)c1. The molecule has 22 heavy (non-hydrogen) atoms. The first-order valence-corrected chi connectivity index (χ1v) is 7.14. The van der Waals surface area contributed by atoms with Crippen LogP contribution < -0.4 is 15.0 Å². The number of aromatic nitrogens is 1. The number of hydrogen-bond acceptors (Lipinski definition) is 4. The molecule has 0 unspecified atom stereocenters. The van der Waals surface area contributed by atoms with Crippen LogP contribution in [0.5, 0.6) is 5.75 Å². The molecule has 1 aromatic heterocycles. The molecule has 0 spiro atoms. The second kappa shape index (κ2) is 7.13. The second-order valence-electron chi connectivity index (χ2n) is 4.93. The van der Waals surface area contributed by atoms with Gasteiger partial charge in [-0.2, -0.15) is 0 Å². The van der Waals surface area contributed by atoms with Gasteiger partial charge in [0.1, 0.15) is 16.7 Å². The summed E-state index contributed by atoms with van der Waals surface area (Å²) in [4.78, 5) is 18.2. The minimum atomic E-state index is -0.210. The molecule has 0 saturated heterocycles. The van der Waals surface area contributed by atoms with Crippen LogP contribution in [0.15, 0.2) is 36.4 Å². The Morgan fingerprint density at radius 2 is 2.05 bits per heavy atom. The summed E-state index contributed by atoms with van der Waals surface area (Å²) in [7, 11) is 5.29. The molecule has 116 valence electrons. The zero-order valence-corrected chi connectivity index (χ0v) is 13.5. The van der Waals surface area contributed by atoms with Gasteiger partial charge in [0, 0.05) is 31.8 Å². The first-order chi connectivity index (χ1) is 10.5. The molecule has 2 rings (SSSR count). The van der Waals surface area contributed by atoms with Crippen molar-refractivity contribution < 1.29 is 9.53 Å². The molecular weight excluding hydrogens is 302 g/mol. The Kier molecular flexibility index (Phi) is 5.22. The lowest BCUT2D eigenvalue weighted by Gasteiger charge is -2.13. The Labute approximate surface area is 134 Å². The molecule has 0 fully saturated rings. The number of para-hydroxylation sites is 1. The van der Waals surface area contributed by atoms with Crippen molar-refractivity contribution in [2.45, 2.75) is 6.54 Å². The zero-order valence-electron chi connectivity index (χ0n) is 12.8. The average molecular weight is 320 g/mol. The van der Waals surface area contributed by atoms with E-state index in [1.807, 2.05) is 38.4 Å². The van der Waals surface area contributed by atoms with Gasteiger partial charge in [-0.05, 0) is 18.2 Å². The molecule has 6 heteroatoms. The third-order valence-electron chi connectivity index (χ3n) is 3.13. The van der Waals surface area contributed by atoms with Gasteiger partial charge in [-0.15, -0.1) is 0 Å². The van der Waals surface area contributed by atoms with Crippen LogP contribution >= 0.6 is 11.6 Å². The summed E-state index contributed by atoms with van der Waals surface area (Å²) in [6.45, 7) is 0.375. The van der Waals surface area contributed by atoms with E-state index in [1.54, 1.807) is 24.1 Å². The lowest BCUT2D eigenvalue weighted by atomic mass is 10.2. The molecule has 1 aromatic carbocycles. The van der Waals surface area contributed by atoms with Crippen molar-refractivity contribution in [3.63, 3.8) is 0 Å². The molecule has 0 saturated carbocycles. The molecule has 0 aliphatic rings. The highest BCUT2D eigenvalue weighted by Gasteiger charge is 2.11. The van der Waals surface area contributed by atoms with Crippen molar-refractivity contribution in [1.29, 1.82) is 0 Å². The first kappa shape index (κ1) is 16.1. The minimum Gasteiger partial charge on any atom is -0.496 e. The summed E-state index contributed by atoms with van der Waals surface area (Å²) in [5, 5.41) is 3.15. The first-order valence-electron chi connectivity index (χ1n) is 6.76. The molecule has 2 aromatic rings. The summed E-state index contributed by atoms with van der Waals surface area (Å²) >= 11 is 5.97. The standard InChI is InChI=1S/C16H18ClN3O2/c1-20(2)15-9-12(8-14(17)19-15)16(21)18-10-11-6-4-5-7-13(11)22-3/h4-9H,10H2,1-3H3,(H,18,21). The largest absolute Gasteiger partial charge is 0.496 e. The third kappa shape index (κ3) is 3.89. The Bertz CT molecular complexity index is 674. The van der Waals surface area contributed by atoms with Gasteiger partial charge in [-0.25, -0.2) is 4.98 Å². The van der Waals surface area contributed by atoms with Crippen LogP contribution in [0.25, 0.3) is 0 Å². The average Bonchev–Trinajstić information content (AvgIpc) is 2.52. The van der Waals surface area contributed by atoms with Gasteiger partial charge >= 0.3 is 0 Å². The number of ether oxygens (including phenoxy) is 1. The highest BCUT2D eigenvalue weighted by atomic mass is 35.5. The number of methoxy groups -OCH3 is 1. The van der Waals surface area contributed by atoms with Crippen LogP contribution in [0.1, 0.15) is 15.9 Å². The van der Waals surface area contributed by atoms with Crippen molar-refractivity contribution in [3.8, 4) is 5.75 Å². The van der Waals surface area contributed by atoms with E-state index in [0.717, 1.165) is 11.3 Å². The summed E-state index contributed by atoms with van der Waals surface area (Å²) in [5.74, 6) is 1.16. The number of amides is 1. The van der Waals surface area contributed by atoms with E-state index in [-0.39, 0.29) is 11.1 Å². The number of nitrogens with one attached hydrogen (secondary N) is 1. The van der Waals surface area contributed by atoms with Gasteiger partial charge in [0.05, 0.1) is 7.11 Å². The summed E-state index contributed by atoms with van der Waals surface area (Å²) in [6, 6.07) is 10.8. The molecule has 1 heterocycles. The number of pyridine rings is 1. The Morgan fingerprint density at radius 3 is 2.73 bits per heavy atom. The monoisotopic (exact) mass is 319 g/mol. The van der Waals surface area contributed by atoms with E-state index in [4.69, 9.17) is 16.3 Å². The summed E-state index contributed by atoms with van der Waals surface area (Å²) in [6.07, 6.45) is 0. The number of anilines is 1. The number of benzene rings is 1. The van der Waals surface area contributed by atoms with Gasteiger partial charge in [-0.1, -0.05) is 29.8 Å². The fourth-order valence-electron chi connectivity index (χ4n) is 1.97. The molecular formula is C16H18ClN3O2. The topological polar surface area (TPSA) is 54.5 Å². The fraction of sp³-hybridized carbons (Fsp3) is 0.250. The van der Waals surface area contributed by atoms with Crippen molar-refractivity contribution in [2.75, 3.05) is 26.1 Å². The Morgan fingerprint density at radius 1 is 1.32 bits per heavy atom. The second-order valence-corrected chi connectivity index (χ2v) is 5.31. The minimum absolute atomic E-state index is 0.210. The lowest BCUT2D eigenvalue weighted by Crippen LogP contribution is -2.23. The van der Waals surface area contributed by atoms with Crippen LogP contribution in [-0.2, 0) is 6.54 Å². The fourth-order valence-corrected chi connectivity index (χ4v) is 2.17. The van der Waals surface area contributed by atoms with E-state index in [2.05, 4.69) is 10.3 Å². The number of carbonyl (C=O) groups excluding carboxylic acids is 1. The normalized spacial score (nSPS) is 10.2. The number of rotatable bonds is 5. The highest BCUT2D eigenvalue weighted by molar-refractivity contribution is 6.29. The maximum Gasteiger partial charge on any atom is 0.251 e.